The van der Waals surface area contributed by atoms with Gasteiger partial charge in [-0.25, -0.2) is 9.78 Å². The predicted molar refractivity (Wildman–Crippen MR) is 98.3 cm³/mol. The molecular weight excluding hydrogens is 332 g/mol. The number of nitrogens with one attached hydrogen (secondary N) is 2. The molecule has 134 valence electrons. The van der Waals surface area contributed by atoms with E-state index in [4.69, 9.17) is 0 Å². The lowest BCUT2D eigenvalue weighted by Gasteiger charge is -2.15. The van der Waals surface area contributed by atoms with Crippen molar-refractivity contribution in [3.05, 3.63) is 53.2 Å². The van der Waals surface area contributed by atoms with Crippen LogP contribution in [-0.4, -0.2) is 34.3 Å². The summed E-state index contributed by atoms with van der Waals surface area (Å²) in [5.74, 6) is 0.0184. The van der Waals surface area contributed by atoms with Crippen LogP contribution < -0.4 is 10.6 Å². The highest BCUT2D eigenvalue weighted by molar-refractivity contribution is 6.22. The van der Waals surface area contributed by atoms with E-state index in [0.717, 1.165) is 5.56 Å². The molecule has 0 fully saturated rings. The summed E-state index contributed by atoms with van der Waals surface area (Å²) in [4.78, 5) is 42.3. The van der Waals surface area contributed by atoms with Crippen LogP contribution in [0.1, 0.15) is 40.1 Å². The molecule has 1 aliphatic heterocycles. The van der Waals surface area contributed by atoms with Gasteiger partial charge in [0.05, 0.1) is 11.1 Å². The number of aryl methyl sites for hydroxylation is 1. The first-order chi connectivity index (χ1) is 12.4. The van der Waals surface area contributed by atoms with Crippen molar-refractivity contribution < 1.29 is 14.4 Å². The molecule has 1 aliphatic rings. The number of imide groups is 1. The van der Waals surface area contributed by atoms with Gasteiger partial charge in [0.25, 0.3) is 11.8 Å². The first-order valence-electron chi connectivity index (χ1n) is 8.36. The number of amides is 4. The predicted octanol–water partition coefficient (Wildman–Crippen LogP) is 3.29. The van der Waals surface area contributed by atoms with Gasteiger partial charge in [-0.05, 0) is 42.7 Å². The normalized spacial score (nSPS) is 13.2. The fourth-order valence-electron chi connectivity index (χ4n) is 2.79. The number of fused-ring (bicyclic) bond motifs is 1. The SMILES string of the molecule is Cc1cccnc1NC(=O)Nc1ccc2c(c1)C(=O)N(CC(C)C)C2=O. The molecule has 0 bridgehead atoms. The number of aromatic nitrogens is 1. The zero-order valence-electron chi connectivity index (χ0n) is 14.9. The molecule has 7 heteroatoms. The Hall–Kier alpha value is -3.22. The number of carbonyl (C=O) groups excluding carboxylic acids is 3. The molecular formula is C19H20N4O3. The van der Waals surface area contributed by atoms with Gasteiger partial charge in [0.2, 0.25) is 0 Å². The van der Waals surface area contributed by atoms with Crippen LogP contribution in [0.15, 0.2) is 36.5 Å². The van der Waals surface area contributed by atoms with Gasteiger partial charge >= 0.3 is 6.03 Å². The van der Waals surface area contributed by atoms with Crippen LogP contribution in [0.3, 0.4) is 0 Å². The van der Waals surface area contributed by atoms with E-state index in [-0.39, 0.29) is 17.7 Å². The van der Waals surface area contributed by atoms with Crippen LogP contribution in [-0.2, 0) is 0 Å². The monoisotopic (exact) mass is 352 g/mol. The van der Waals surface area contributed by atoms with Crippen molar-refractivity contribution in [3.63, 3.8) is 0 Å². The molecule has 26 heavy (non-hydrogen) atoms. The Labute approximate surface area is 151 Å². The summed E-state index contributed by atoms with van der Waals surface area (Å²) in [5.41, 5.74) is 1.94. The second-order valence-corrected chi connectivity index (χ2v) is 6.62. The summed E-state index contributed by atoms with van der Waals surface area (Å²) in [5, 5.41) is 5.32. The van der Waals surface area contributed by atoms with Crippen molar-refractivity contribution in [2.24, 2.45) is 5.92 Å². The molecule has 0 atom stereocenters. The third-order valence-electron chi connectivity index (χ3n) is 4.02. The Balaban J connectivity index is 1.75. The van der Waals surface area contributed by atoms with E-state index in [1.54, 1.807) is 24.4 Å². The molecule has 1 aromatic carbocycles. The largest absolute Gasteiger partial charge is 0.324 e. The zero-order valence-corrected chi connectivity index (χ0v) is 14.9. The number of carbonyl (C=O) groups is 3. The number of benzene rings is 1. The second kappa shape index (κ2) is 6.95. The number of nitrogens with zero attached hydrogens (tertiary/aromatic N) is 2. The number of hydrogen-bond donors (Lipinski definition) is 2. The van der Waals surface area contributed by atoms with Crippen molar-refractivity contribution in [1.82, 2.24) is 9.88 Å². The maximum Gasteiger partial charge on any atom is 0.324 e. The van der Waals surface area contributed by atoms with E-state index in [9.17, 15) is 14.4 Å². The van der Waals surface area contributed by atoms with Gasteiger partial charge in [0.15, 0.2) is 0 Å². The smallest absolute Gasteiger partial charge is 0.308 e. The highest BCUT2D eigenvalue weighted by Crippen LogP contribution is 2.26. The molecule has 4 amide bonds. The molecule has 0 unspecified atom stereocenters. The molecule has 0 spiro atoms. The maximum absolute atomic E-state index is 12.5. The third kappa shape index (κ3) is 3.42. The Morgan fingerprint density at radius 1 is 1.12 bits per heavy atom. The van der Waals surface area contributed by atoms with E-state index >= 15 is 0 Å². The first kappa shape index (κ1) is 17.6. The average Bonchev–Trinajstić information content (AvgIpc) is 2.81. The molecule has 1 aromatic heterocycles. The lowest BCUT2D eigenvalue weighted by Crippen LogP contribution is -2.33. The summed E-state index contributed by atoms with van der Waals surface area (Å²) >= 11 is 0. The van der Waals surface area contributed by atoms with Crippen molar-refractivity contribution in [1.29, 1.82) is 0 Å². The van der Waals surface area contributed by atoms with Crippen molar-refractivity contribution in [2.75, 3.05) is 17.2 Å². The van der Waals surface area contributed by atoms with Gasteiger partial charge in [0.1, 0.15) is 5.82 Å². The van der Waals surface area contributed by atoms with E-state index in [1.807, 2.05) is 26.8 Å². The molecule has 0 radical (unpaired) electrons. The fraction of sp³-hybridized carbons (Fsp3) is 0.263. The van der Waals surface area contributed by atoms with Crippen molar-refractivity contribution >= 4 is 29.4 Å². The standard InChI is InChI=1S/C19H20N4O3/c1-11(2)10-23-17(24)14-7-6-13(9-15(14)18(23)25)21-19(26)22-16-12(3)5-4-8-20-16/h4-9,11H,10H2,1-3H3,(H2,20,21,22,26). The Morgan fingerprint density at radius 2 is 1.85 bits per heavy atom. The summed E-state index contributed by atoms with van der Waals surface area (Å²) in [6, 6.07) is 7.85. The van der Waals surface area contributed by atoms with Crippen LogP contribution in [0.2, 0.25) is 0 Å². The summed E-state index contributed by atoms with van der Waals surface area (Å²) in [6.07, 6.45) is 1.59. The number of anilines is 2. The Kier molecular flexibility index (Phi) is 4.71. The van der Waals surface area contributed by atoms with Gasteiger partial charge < -0.3 is 5.32 Å². The summed E-state index contributed by atoms with van der Waals surface area (Å²) in [6.45, 7) is 6.10. The molecule has 2 N–H and O–H groups in total. The number of hydrogen-bond acceptors (Lipinski definition) is 4. The first-order valence-corrected chi connectivity index (χ1v) is 8.36. The lowest BCUT2D eigenvalue weighted by atomic mass is 10.1. The van der Waals surface area contributed by atoms with E-state index in [1.165, 1.54) is 11.0 Å². The highest BCUT2D eigenvalue weighted by atomic mass is 16.2. The van der Waals surface area contributed by atoms with Crippen LogP contribution in [0.25, 0.3) is 0 Å². The molecule has 0 aliphatic carbocycles. The number of rotatable bonds is 4. The molecule has 7 nitrogen and oxygen atoms in total. The number of pyridine rings is 1. The summed E-state index contributed by atoms with van der Waals surface area (Å²) < 4.78 is 0. The molecule has 0 saturated heterocycles. The van der Waals surface area contributed by atoms with Gasteiger partial charge in [0, 0.05) is 18.4 Å². The minimum absolute atomic E-state index is 0.183. The van der Waals surface area contributed by atoms with Crippen LogP contribution in [0.4, 0.5) is 16.3 Å². The fourth-order valence-corrected chi connectivity index (χ4v) is 2.79. The van der Waals surface area contributed by atoms with Crippen LogP contribution in [0.5, 0.6) is 0 Å². The molecule has 3 rings (SSSR count). The maximum atomic E-state index is 12.5. The molecule has 2 aromatic rings. The van der Waals surface area contributed by atoms with Gasteiger partial charge in [-0.15, -0.1) is 0 Å². The molecule has 2 heterocycles. The Bertz CT molecular complexity index is 892. The minimum Gasteiger partial charge on any atom is -0.308 e. The third-order valence-corrected chi connectivity index (χ3v) is 4.02. The number of urea groups is 1. The lowest BCUT2D eigenvalue weighted by molar-refractivity contribution is 0.0636. The average molecular weight is 352 g/mol. The van der Waals surface area contributed by atoms with Crippen molar-refractivity contribution in [3.8, 4) is 0 Å². The minimum atomic E-state index is -0.470. The highest BCUT2D eigenvalue weighted by Gasteiger charge is 2.35. The second-order valence-electron chi connectivity index (χ2n) is 6.62. The van der Waals surface area contributed by atoms with Crippen molar-refractivity contribution in [2.45, 2.75) is 20.8 Å². The van der Waals surface area contributed by atoms with Crippen LogP contribution >= 0.6 is 0 Å². The topological polar surface area (TPSA) is 91.4 Å². The Morgan fingerprint density at radius 3 is 2.54 bits per heavy atom. The summed E-state index contributed by atoms with van der Waals surface area (Å²) in [7, 11) is 0. The zero-order chi connectivity index (χ0) is 18.8. The van der Waals surface area contributed by atoms with Gasteiger partial charge in [-0.3, -0.25) is 19.8 Å². The van der Waals surface area contributed by atoms with E-state index in [0.29, 0.717) is 29.2 Å². The van der Waals surface area contributed by atoms with Gasteiger partial charge in [-0.2, -0.15) is 0 Å². The molecule has 0 saturated carbocycles. The van der Waals surface area contributed by atoms with Gasteiger partial charge in [-0.1, -0.05) is 19.9 Å². The van der Waals surface area contributed by atoms with E-state index in [2.05, 4.69) is 15.6 Å². The van der Waals surface area contributed by atoms with Crippen LogP contribution in [0, 0.1) is 12.8 Å². The van der Waals surface area contributed by atoms with E-state index < -0.39 is 6.03 Å². The quantitative estimate of drug-likeness (QED) is 0.826.